The molecule has 5 nitrogen and oxygen atoms in total. The van der Waals surface area contributed by atoms with E-state index in [9.17, 15) is 9.59 Å². The lowest BCUT2D eigenvalue weighted by Crippen LogP contribution is -2.47. The Balaban J connectivity index is 1.93. The second-order valence-electron chi connectivity index (χ2n) is 5.40. The van der Waals surface area contributed by atoms with E-state index in [1.54, 1.807) is 30.1 Å². The molecule has 0 saturated carbocycles. The zero-order valence-electron chi connectivity index (χ0n) is 12.0. The molecule has 1 aromatic heterocycles. The van der Waals surface area contributed by atoms with Gasteiger partial charge in [0.1, 0.15) is 11.1 Å². The number of amides is 1. The van der Waals surface area contributed by atoms with Crippen LogP contribution in [0.3, 0.4) is 0 Å². The second kappa shape index (κ2) is 5.69. The van der Waals surface area contributed by atoms with E-state index in [0.717, 1.165) is 31.3 Å². The number of carbonyl (C=O) groups is 1. The first-order chi connectivity index (χ1) is 10.2. The van der Waals surface area contributed by atoms with Gasteiger partial charge in [0.15, 0.2) is 0 Å². The molecule has 2 heterocycles. The van der Waals surface area contributed by atoms with Crippen LogP contribution >= 0.6 is 0 Å². The van der Waals surface area contributed by atoms with Crippen LogP contribution in [-0.2, 0) is 0 Å². The Hall–Kier alpha value is -2.14. The second-order valence-corrected chi connectivity index (χ2v) is 5.40. The van der Waals surface area contributed by atoms with E-state index in [-0.39, 0.29) is 17.5 Å². The molecule has 1 unspecified atom stereocenters. The van der Waals surface area contributed by atoms with Crippen LogP contribution in [0.1, 0.15) is 23.2 Å². The maximum Gasteiger partial charge on any atom is 0.349 e. The van der Waals surface area contributed by atoms with Gasteiger partial charge < -0.3 is 14.6 Å². The SMILES string of the molecule is CN(C(=O)c1cc2ccccc2oc1=O)C1CCCNC1. The zero-order chi connectivity index (χ0) is 14.8. The van der Waals surface area contributed by atoms with Gasteiger partial charge in [-0.1, -0.05) is 18.2 Å². The largest absolute Gasteiger partial charge is 0.422 e. The predicted molar refractivity (Wildman–Crippen MR) is 80.5 cm³/mol. The summed E-state index contributed by atoms with van der Waals surface area (Å²) < 4.78 is 5.23. The van der Waals surface area contributed by atoms with E-state index in [1.165, 1.54) is 0 Å². The average Bonchev–Trinajstić information content (AvgIpc) is 2.53. The summed E-state index contributed by atoms with van der Waals surface area (Å²) in [6.45, 7) is 1.75. The van der Waals surface area contributed by atoms with Gasteiger partial charge in [0, 0.05) is 25.0 Å². The van der Waals surface area contributed by atoms with Gasteiger partial charge >= 0.3 is 5.63 Å². The lowest BCUT2D eigenvalue weighted by atomic mass is 10.1. The van der Waals surface area contributed by atoms with Gasteiger partial charge in [0.05, 0.1) is 0 Å². The van der Waals surface area contributed by atoms with E-state index < -0.39 is 5.63 Å². The van der Waals surface area contributed by atoms with Gasteiger partial charge in [-0.25, -0.2) is 4.79 Å². The summed E-state index contributed by atoms with van der Waals surface area (Å²) in [4.78, 5) is 26.2. The van der Waals surface area contributed by atoms with Crippen LogP contribution in [-0.4, -0.2) is 37.0 Å². The Morgan fingerprint density at radius 2 is 2.19 bits per heavy atom. The Bertz CT molecular complexity index is 717. The third-order valence-electron chi connectivity index (χ3n) is 4.01. The smallest absolute Gasteiger partial charge is 0.349 e. The average molecular weight is 286 g/mol. The topological polar surface area (TPSA) is 62.6 Å². The molecule has 1 saturated heterocycles. The standard InChI is InChI=1S/C16H18N2O3/c1-18(12-6-4-8-17-10-12)15(19)13-9-11-5-2-3-7-14(11)21-16(13)20/h2-3,5,7,9,12,17H,4,6,8,10H2,1H3. The highest BCUT2D eigenvalue weighted by Gasteiger charge is 2.25. The highest BCUT2D eigenvalue weighted by molar-refractivity contribution is 5.96. The van der Waals surface area contributed by atoms with E-state index in [0.29, 0.717) is 5.58 Å². The Morgan fingerprint density at radius 3 is 2.95 bits per heavy atom. The third kappa shape index (κ3) is 2.69. The molecule has 1 fully saturated rings. The summed E-state index contributed by atoms with van der Waals surface area (Å²) in [5.41, 5.74) is 0.0251. The molecule has 0 aliphatic carbocycles. The normalized spacial score (nSPS) is 18.6. The van der Waals surface area contributed by atoms with Crippen LogP contribution in [0, 0.1) is 0 Å². The van der Waals surface area contributed by atoms with E-state index in [1.807, 2.05) is 12.1 Å². The van der Waals surface area contributed by atoms with Crippen LogP contribution < -0.4 is 10.9 Å². The Labute approximate surface area is 122 Å². The predicted octanol–water partition coefficient (Wildman–Crippen LogP) is 1.62. The summed E-state index contributed by atoms with van der Waals surface area (Å²) in [5.74, 6) is -0.275. The fourth-order valence-electron chi connectivity index (χ4n) is 2.73. The first kappa shape index (κ1) is 13.8. The molecule has 21 heavy (non-hydrogen) atoms. The molecule has 1 N–H and O–H groups in total. The molecule has 1 amide bonds. The minimum atomic E-state index is -0.575. The number of fused-ring (bicyclic) bond motifs is 1. The van der Waals surface area contributed by atoms with Gasteiger partial charge in [-0.3, -0.25) is 4.79 Å². The number of likely N-dealkylation sites (N-methyl/N-ethyl adjacent to an activating group) is 1. The van der Waals surface area contributed by atoms with E-state index in [4.69, 9.17) is 4.42 Å². The van der Waals surface area contributed by atoms with Crippen molar-refractivity contribution in [1.82, 2.24) is 10.2 Å². The molecule has 0 radical (unpaired) electrons. The first-order valence-electron chi connectivity index (χ1n) is 7.17. The zero-order valence-corrected chi connectivity index (χ0v) is 12.0. The number of nitrogens with one attached hydrogen (secondary N) is 1. The fraction of sp³-hybridized carbons (Fsp3) is 0.375. The first-order valence-corrected chi connectivity index (χ1v) is 7.17. The number of hydrogen-bond donors (Lipinski definition) is 1. The number of hydrogen-bond acceptors (Lipinski definition) is 4. The van der Waals surface area contributed by atoms with Crippen molar-refractivity contribution >= 4 is 16.9 Å². The van der Waals surface area contributed by atoms with Crippen molar-refractivity contribution in [2.75, 3.05) is 20.1 Å². The number of rotatable bonds is 2. The van der Waals surface area contributed by atoms with E-state index in [2.05, 4.69) is 5.32 Å². The number of carbonyl (C=O) groups excluding carboxylic acids is 1. The Morgan fingerprint density at radius 1 is 1.38 bits per heavy atom. The van der Waals surface area contributed by atoms with Crippen LogP contribution in [0.25, 0.3) is 11.0 Å². The van der Waals surface area contributed by atoms with Crippen LogP contribution in [0.2, 0.25) is 0 Å². The molecule has 110 valence electrons. The van der Waals surface area contributed by atoms with Gasteiger partial charge in [0.2, 0.25) is 0 Å². The molecule has 1 aromatic carbocycles. The summed E-state index contributed by atoms with van der Waals surface area (Å²) >= 11 is 0. The van der Waals surface area contributed by atoms with Gasteiger partial charge in [-0.2, -0.15) is 0 Å². The summed E-state index contributed by atoms with van der Waals surface area (Å²) in [6.07, 6.45) is 1.99. The molecule has 3 rings (SSSR count). The molecule has 0 bridgehead atoms. The van der Waals surface area contributed by atoms with Crippen molar-refractivity contribution in [3.63, 3.8) is 0 Å². The molecule has 1 atom stereocenters. The molecule has 2 aromatic rings. The van der Waals surface area contributed by atoms with Crippen LogP contribution in [0.5, 0.6) is 0 Å². The van der Waals surface area contributed by atoms with Crippen molar-refractivity contribution in [1.29, 1.82) is 0 Å². The molecular formula is C16H18N2O3. The fourth-order valence-corrected chi connectivity index (χ4v) is 2.73. The Kier molecular flexibility index (Phi) is 3.75. The maximum absolute atomic E-state index is 12.5. The van der Waals surface area contributed by atoms with Crippen molar-refractivity contribution in [2.45, 2.75) is 18.9 Å². The number of piperidine rings is 1. The third-order valence-corrected chi connectivity index (χ3v) is 4.01. The summed E-state index contributed by atoms with van der Waals surface area (Å²) in [6, 6.07) is 8.95. The van der Waals surface area contributed by atoms with Gasteiger partial charge in [-0.05, 0) is 31.5 Å². The molecule has 5 heteroatoms. The monoisotopic (exact) mass is 286 g/mol. The highest BCUT2D eigenvalue weighted by Crippen LogP contribution is 2.15. The van der Waals surface area contributed by atoms with Crippen LogP contribution in [0.15, 0.2) is 39.5 Å². The molecule has 0 spiro atoms. The number of para-hydroxylation sites is 1. The lowest BCUT2D eigenvalue weighted by Gasteiger charge is -2.31. The molecule has 1 aliphatic heterocycles. The summed E-state index contributed by atoms with van der Waals surface area (Å²) in [5, 5.41) is 4.03. The molecular weight excluding hydrogens is 268 g/mol. The minimum absolute atomic E-state index is 0.0989. The number of benzene rings is 1. The van der Waals surface area contributed by atoms with E-state index >= 15 is 0 Å². The quantitative estimate of drug-likeness (QED) is 0.852. The minimum Gasteiger partial charge on any atom is -0.422 e. The van der Waals surface area contributed by atoms with Crippen molar-refractivity contribution in [3.05, 3.63) is 46.3 Å². The van der Waals surface area contributed by atoms with Crippen molar-refractivity contribution < 1.29 is 9.21 Å². The summed E-state index contributed by atoms with van der Waals surface area (Å²) in [7, 11) is 1.74. The van der Waals surface area contributed by atoms with Crippen LogP contribution in [0.4, 0.5) is 0 Å². The number of nitrogens with zero attached hydrogens (tertiary/aromatic N) is 1. The lowest BCUT2D eigenvalue weighted by molar-refractivity contribution is 0.0704. The highest BCUT2D eigenvalue weighted by atomic mass is 16.4. The van der Waals surface area contributed by atoms with Crippen molar-refractivity contribution in [3.8, 4) is 0 Å². The maximum atomic E-state index is 12.5. The van der Waals surface area contributed by atoms with Crippen molar-refractivity contribution in [2.24, 2.45) is 0 Å². The van der Waals surface area contributed by atoms with Gasteiger partial charge in [0.25, 0.3) is 5.91 Å². The van der Waals surface area contributed by atoms with Gasteiger partial charge in [-0.15, -0.1) is 0 Å². The molecule has 1 aliphatic rings.